The van der Waals surface area contributed by atoms with Gasteiger partial charge in [-0.2, -0.15) is 0 Å². The fourth-order valence-corrected chi connectivity index (χ4v) is 2.61. The summed E-state index contributed by atoms with van der Waals surface area (Å²) in [5.74, 6) is 1.59. The first kappa shape index (κ1) is 11.9. The summed E-state index contributed by atoms with van der Waals surface area (Å²) in [7, 11) is 0. The molecule has 1 unspecified atom stereocenters. The lowest BCUT2D eigenvalue weighted by atomic mass is 10.1. The lowest BCUT2D eigenvalue weighted by Crippen LogP contribution is -2.30. The summed E-state index contributed by atoms with van der Waals surface area (Å²) in [6.45, 7) is 1.03. The van der Waals surface area contributed by atoms with E-state index in [1.54, 1.807) is 12.5 Å². The van der Waals surface area contributed by atoms with E-state index in [0.29, 0.717) is 11.1 Å². The van der Waals surface area contributed by atoms with Gasteiger partial charge in [0.1, 0.15) is 11.3 Å². The Hall–Kier alpha value is -0.540. The van der Waals surface area contributed by atoms with E-state index in [0.717, 1.165) is 31.1 Å². The van der Waals surface area contributed by atoms with Crippen LogP contribution in [0.1, 0.15) is 25.7 Å². The molecule has 2 heterocycles. The minimum Gasteiger partial charge on any atom is -0.352 e. The van der Waals surface area contributed by atoms with Gasteiger partial charge in [-0.15, -0.1) is 11.6 Å². The summed E-state index contributed by atoms with van der Waals surface area (Å²) in [6, 6.07) is 0.533. The van der Waals surface area contributed by atoms with Crippen molar-refractivity contribution < 1.29 is 0 Å². The van der Waals surface area contributed by atoms with Crippen molar-refractivity contribution in [3.63, 3.8) is 0 Å². The first-order valence-corrected chi connectivity index (χ1v) is 6.52. The molecule has 1 aliphatic rings. The Labute approximate surface area is 106 Å². The molecule has 0 saturated carbocycles. The third kappa shape index (κ3) is 2.58. The quantitative estimate of drug-likeness (QED) is 0.779. The van der Waals surface area contributed by atoms with Crippen molar-refractivity contribution in [3.8, 4) is 0 Å². The van der Waals surface area contributed by atoms with E-state index < -0.39 is 0 Å². The van der Waals surface area contributed by atoms with Gasteiger partial charge in [-0.05, 0) is 25.7 Å². The van der Waals surface area contributed by atoms with Crippen LogP contribution in [0.4, 0.5) is 5.82 Å². The third-order valence-electron chi connectivity index (χ3n) is 2.97. The Bertz CT molecular complexity index is 346. The minimum atomic E-state index is 0.533. The van der Waals surface area contributed by atoms with Crippen molar-refractivity contribution in [3.05, 3.63) is 17.5 Å². The number of aromatic nitrogens is 2. The number of alkyl halides is 1. The Morgan fingerprint density at radius 2 is 2.38 bits per heavy atom. The van der Waals surface area contributed by atoms with E-state index >= 15 is 0 Å². The van der Waals surface area contributed by atoms with E-state index in [2.05, 4.69) is 14.9 Å². The number of nitrogens with zero attached hydrogens (tertiary/aromatic N) is 3. The fourth-order valence-electron chi connectivity index (χ4n) is 2.24. The third-order valence-corrected chi connectivity index (χ3v) is 3.50. The molecule has 2 rings (SSSR count). The van der Waals surface area contributed by atoms with E-state index in [4.69, 9.17) is 23.2 Å². The van der Waals surface area contributed by atoms with E-state index in [9.17, 15) is 0 Å². The van der Waals surface area contributed by atoms with E-state index in [1.807, 2.05) is 0 Å². The molecule has 0 radical (unpaired) electrons. The number of anilines is 1. The molecule has 0 bridgehead atoms. The van der Waals surface area contributed by atoms with Gasteiger partial charge >= 0.3 is 0 Å². The Morgan fingerprint density at radius 1 is 1.50 bits per heavy atom. The zero-order valence-electron chi connectivity index (χ0n) is 9.07. The molecule has 5 heteroatoms. The van der Waals surface area contributed by atoms with Gasteiger partial charge in [-0.25, -0.2) is 9.97 Å². The van der Waals surface area contributed by atoms with Crippen molar-refractivity contribution in [2.75, 3.05) is 17.3 Å². The number of halogens is 2. The number of hydrogen-bond donors (Lipinski definition) is 0. The number of rotatable bonds is 4. The molecule has 1 aromatic heterocycles. The first-order valence-electron chi connectivity index (χ1n) is 5.61. The number of hydrogen-bond acceptors (Lipinski definition) is 3. The lowest BCUT2D eigenvalue weighted by Gasteiger charge is -2.26. The molecule has 0 spiro atoms. The van der Waals surface area contributed by atoms with Crippen LogP contribution in [0.25, 0.3) is 0 Å². The van der Waals surface area contributed by atoms with Crippen molar-refractivity contribution in [1.29, 1.82) is 0 Å². The van der Waals surface area contributed by atoms with Crippen LogP contribution in [0.15, 0.2) is 12.5 Å². The van der Waals surface area contributed by atoms with Gasteiger partial charge in [0.15, 0.2) is 5.82 Å². The molecule has 0 N–H and O–H groups in total. The molecule has 16 heavy (non-hydrogen) atoms. The molecule has 1 fully saturated rings. The van der Waals surface area contributed by atoms with Gasteiger partial charge in [0.2, 0.25) is 0 Å². The summed E-state index contributed by atoms with van der Waals surface area (Å²) in [5, 5.41) is 0.639. The molecule has 3 nitrogen and oxygen atoms in total. The standard InChI is InChI=1S/C11H15Cl2N3/c12-5-1-3-9-4-2-6-16(9)11-10(13)7-14-8-15-11/h7-9H,1-6H2. The van der Waals surface area contributed by atoms with Crippen LogP contribution in [0.5, 0.6) is 0 Å². The van der Waals surface area contributed by atoms with Crippen LogP contribution in [0, 0.1) is 0 Å². The Morgan fingerprint density at radius 3 is 3.12 bits per heavy atom. The normalized spacial score (nSPS) is 20.4. The molecule has 0 aromatic carbocycles. The highest BCUT2D eigenvalue weighted by atomic mass is 35.5. The monoisotopic (exact) mass is 259 g/mol. The topological polar surface area (TPSA) is 29.0 Å². The zero-order valence-corrected chi connectivity index (χ0v) is 10.6. The van der Waals surface area contributed by atoms with Crippen molar-refractivity contribution >= 4 is 29.0 Å². The van der Waals surface area contributed by atoms with Gasteiger partial charge in [-0.3, -0.25) is 0 Å². The second-order valence-corrected chi connectivity index (χ2v) is 4.80. The minimum absolute atomic E-state index is 0.533. The van der Waals surface area contributed by atoms with Crippen LogP contribution in [0.3, 0.4) is 0 Å². The fraction of sp³-hybridized carbons (Fsp3) is 0.636. The molecule has 1 atom stereocenters. The zero-order chi connectivity index (χ0) is 11.4. The maximum atomic E-state index is 6.11. The van der Waals surface area contributed by atoms with Crippen LogP contribution in [-0.4, -0.2) is 28.4 Å². The van der Waals surface area contributed by atoms with Crippen LogP contribution in [0.2, 0.25) is 5.02 Å². The van der Waals surface area contributed by atoms with E-state index in [1.165, 1.54) is 12.8 Å². The van der Waals surface area contributed by atoms with Gasteiger partial charge < -0.3 is 4.90 Å². The highest BCUT2D eigenvalue weighted by Crippen LogP contribution is 2.30. The molecular weight excluding hydrogens is 245 g/mol. The second-order valence-electron chi connectivity index (χ2n) is 4.01. The second kappa shape index (κ2) is 5.69. The highest BCUT2D eigenvalue weighted by Gasteiger charge is 2.26. The predicted molar refractivity (Wildman–Crippen MR) is 67.4 cm³/mol. The average Bonchev–Trinajstić information content (AvgIpc) is 2.75. The Balaban J connectivity index is 2.10. The van der Waals surface area contributed by atoms with Crippen LogP contribution in [-0.2, 0) is 0 Å². The highest BCUT2D eigenvalue weighted by molar-refractivity contribution is 6.32. The summed E-state index contributed by atoms with van der Waals surface area (Å²) >= 11 is 11.8. The van der Waals surface area contributed by atoms with Gasteiger partial charge in [-0.1, -0.05) is 11.6 Å². The van der Waals surface area contributed by atoms with Crippen molar-refractivity contribution in [1.82, 2.24) is 9.97 Å². The Kier molecular flexibility index (Phi) is 4.24. The molecular formula is C11H15Cl2N3. The molecule has 1 saturated heterocycles. The first-order chi connectivity index (χ1) is 7.83. The van der Waals surface area contributed by atoms with E-state index in [-0.39, 0.29) is 0 Å². The van der Waals surface area contributed by atoms with Crippen LogP contribution >= 0.6 is 23.2 Å². The maximum absolute atomic E-state index is 6.11. The van der Waals surface area contributed by atoms with Crippen molar-refractivity contribution in [2.24, 2.45) is 0 Å². The smallest absolute Gasteiger partial charge is 0.151 e. The van der Waals surface area contributed by atoms with Crippen LogP contribution < -0.4 is 4.90 Å². The SMILES string of the molecule is ClCCCC1CCCN1c1ncncc1Cl. The molecule has 1 aromatic rings. The van der Waals surface area contributed by atoms with Gasteiger partial charge in [0.05, 0.1) is 6.20 Å². The molecule has 1 aliphatic heterocycles. The summed E-state index contributed by atoms with van der Waals surface area (Å²) in [6.07, 6.45) is 7.78. The molecule has 0 amide bonds. The largest absolute Gasteiger partial charge is 0.352 e. The van der Waals surface area contributed by atoms with Gasteiger partial charge in [0.25, 0.3) is 0 Å². The molecule has 0 aliphatic carbocycles. The lowest BCUT2D eigenvalue weighted by molar-refractivity contribution is 0.598. The molecule has 88 valence electrons. The predicted octanol–water partition coefficient (Wildman–Crippen LogP) is 3.12. The average molecular weight is 260 g/mol. The maximum Gasteiger partial charge on any atom is 0.151 e. The summed E-state index contributed by atoms with van der Waals surface area (Å²) in [5.41, 5.74) is 0. The summed E-state index contributed by atoms with van der Waals surface area (Å²) < 4.78 is 0. The van der Waals surface area contributed by atoms with Gasteiger partial charge in [0, 0.05) is 18.5 Å². The summed E-state index contributed by atoms with van der Waals surface area (Å²) in [4.78, 5) is 10.5. The van der Waals surface area contributed by atoms with Crippen molar-refractivity contribution in [2.45, 2.75) is 31.7 Å².